The Morgan fingerprint density at radius 3 is 2.63 bits per heavy atom. The van der Waals surface area contributed by atoms with Gasteiger partial charge in [-0.3, -0.25) is 4.79 Å². The number of carbonyl (C=O) groups is 1. The van der Waals surface area contributed by atoms with Crippen LogP contribution in [0.15, 0.2) is 41.8 Å². The average molecular weight is 379 g/mol. The Labute approximate surface area is 161 Å². The molecule has 1 saturated carbocycles. The third-order valence-corrected chi connectivity index (χ3v) is 6.36. The Kier molecular flexibility index (Phi) is 3.97. The molecule has 2 N–H and O–H groups in total. The van der Waals surface area contributed by atoms with E-state index in [1.54, 1.807) is 11.3 Å². The van der Waals surface area contributed by atoms with Crippen LogP contribution in [-0.4, -0.2) is 47.0 Å². The molecule has 6 nitrogen and oxygen atoms in total. The van der Waals surface area contributed by atoms with E-state index in [0.29, 0.717) is 17.8 Å². The predicted molar refractivity (Wildman–Crippen MR) is 108 cm³/mol. The molecule has 0 bridgehead atoms. The van der Waals surface area contributed by atoms with Gasteiger partial charge in [0, 0.05) is 32.1 Å². The number of amides is 1. The fraction of sp³-hybridized carbons (Fsp3) is 0.350. The number of fused-ring (bicyclic) bond motifs is 1. The first-order valence-corrected chi connectivity index (χ1v) is 10.2. The van der Waals surface area contributed by atoms with Gasteiger partial charge < -0.3 is 15.5 Å². The smallest absolute Gasteiger partial charge is 0.226 e. The van der Waals surface area contributed by atoms with Gasteiger partial charge in [0.15, 0.2) is 0 Å². The van der Waals surface area contributed by atoms with Crippen molar-refractivity contribution in [3.63, 3.8) is 0 Å². The standard InChI is InChI=1S/C20H21N5OS/c21-20-22-17(14-6-11-27-18(14)23-20)24-7-9-25(10-8-24)19(26)16-12-15(16)13-4-2-1-3-5-13/h1-6,11,15-16H,7-10,12H2,(H2,21,22,23). The molecule has 1 saturated heterocycles. The lowest BCUT2D eigenvalue weighted by Crippen LogP contribution is -2.49. The summed E-state index contributed by atoms with van der Waals surface area (Å²) in [5, 5.41) is 3.05. The third-order valence-electron chi connectivity index (χ3n) is 5.55. The Bertz CT molecular complexity index is 980. The van der Waals surface area contributed by atoms with Crippen molar-refractivity contribution in [2.75, 3.05) is 36.8 Å². The lowest BCUT2D eigenvalue weighted by Gasteiger charge is -2.36. The van der Waals surface area contributed by atoms with E-state index in [9.17, 15) is 4.79 Å². The van der Waals surface area contributed by atoms with Crippen LogP contribution in [0.3, 0.4) is 0 Å². The first-order valence-electron chi connectivity index (χ1n) is 9.30. The van der Waals surface area contributed by atoms with E-state index in [-0.39, 0.29) is 5.92 Å². The zero-order valence-corrected chi connectivity index (χ0v) is 15.7. The van der Waals surface area contributed by atoms with E-state index in [1.807, 2.05) is 34.5 Å². The van der Waals surface area contributed by atoms with E-state index in [4.69, 9.17) is 5.73 Å². The van der Waals surface area contributed by atoms with Gasteiger partial charge in [0.25, 0.3) is 0 Å². The summed E-state index contributed by atoms with van der Waals surface area (Å²) >= 11 is 1.57. The molecule has 1 aliphatic heterocycles. The number of piperazine rings is 1. The Morgan fingerprint density at radius 1 is 1.07 bits per heavy atom. The number of thiophene rings is 1. The second-order valence-corrected chi connectivity index (χ2v) is 8.11. The molecule has 1 aliphatic carbocycles. The van der Waals surface area contributed by atoms with Crippen LogP contribution in [0.25, 0.3) is 10.2 Å². The van der Waals surface area contributed by atoms with Crippen LogP contribution in [-0.2, 0) is 4.79 Å². The van der Waals surface area contributed by atoms with Crippen LogP contribution >= 0.6 is 11.3 Å². The number of anilines is 2. The minimum absolute atomic E-state index is 0.150. The van der Waals surface area contributed by atoms with Crippen LogP contribution in [0.2, 0.25) is 0 Å². The average Bonchev–Trinajstić information content (AvgIpc) is 3.37. The molecule has 27 heavy (non-hydrogen) atoms. The maximum Gasteiger partial charge on any atom is 0.226 e. The molecule has 2 aromatic heterocycles. The molecule has 5 rings (SSSR count). The van der Waals surface area contributed by atoms with Crippen LogP contribution < -0.4 is 10.6 Å². The highest BCUT2D eigenvalue weighted by Gasteiger charge is 2.46. The van der Waals surface area contributed by atoms with Crippen molar-refractivity contribution in [3.8, 4) is 0 Å². The molecule has 3 aromatic rings. The van der Waals surface area contributed by atoms with Gasteiger partial charge in [0.05, 0.1) is 5.39 Å². The minimum Gasteiger partial charge on any atom is -0.368 e. The van der Waals surface area contributed by atoms with E-state index in [0.717, 1.165) is 48.6 Å². The first kappa shape index (κ1) is 16.5. The maximum absolute atomic E-state index is 12.9. The van der Waals surface area contributed by atoms with Crippen molar-refractivity contribution in [3.05, 3.63) is 47.3 Å². The molecule has 2 aliphatic rings. The number of carbonyl (C=O) groups excluding carboxylic acids is 1. The maximum atomic E-state index is 12.9. The Hall–Kier alpha value is -2.67. The Balaban J connectivity index is 1.25. The third kappa shape index (κ3) is 3.02. The zero-order chi connectivity index (χ0) is 18.4. The van der Waals surface area contributed by atoms with Gasteiger partial charge in [-0.1, -0.05) is 30.3 Å². The van der Waals surface area contributed by atoms with Crippen molar-refractivity contribution >= 4 is 39.2 Å². The second kappa shape index (κ2) is 6.49. The quantitative estimate of drug-likeness (QED) is 0.757. The summed E-state index contributed by atoms with van der Waals surface area (Å²) < 4.78 is 0. The van der Waals surface area contributed by atoms with Crippen LogP contribution in [0, 0.1) is 5.92 Å². The second-order valence-electron chi connectivity index (χ2n) is 7.22. The zero-order valence-electron chi connectivity index (χ0n) is 14.9. The molecule has 0 spiro atoms. The van der Waals surface area contributed by atoms with E-state index >= 15 is 0 Å². The molecule has 2 atom stereocenters. The lowest BCUT2D eigenvalue weighted by atomic mass is 10.1. The largest absolute Gasteiger partial charge is 0.368 e. The van der Waals surface area contributed by atoms with Crippen molar-refractivity contribution in [1.29, 1.82) is 0 Å². The molecule has 2 fully saturated rings. The topological polar surface area (TPSA) is 75.3 Å². The number of benzene rings is 1. The molecule has 2 unspecified atom stereocenters. The van der Waals surface area contributed by atoms with Crippen LogP contribution in [0.4, 0.5) is 11.8 Å². The van der Waals surface area contributed by atoms with Crippen LogP contribution in [0.1, 0.15) is 17.9 Å². The summed E-state index contributed by atoms with van der Waals surface area (Å²) in [5.74, 6) is 2.04. The van der Waals surface area contributed by atoms with Gasteiger partial charge >= 0.3 is 0 Å². The molecule has 138 valence electrons. The summed E-state index contributed by atoms with van der Waals surface area (Å²) in [6.07, 6.45) is 0.973. The Morgan fingerprint density at radius 2 is 1.85 bits per heavy atom. The van der Waals surface area contributed by atoms with Gasteiger partial charge in [-0.2, -0.15) is 4.98 Å². The molecule has 1 aromatic carbocycles. The number of hydrogen-bond donors (Lipinski definition) is 1. The van der Waals surface area contributed by atoms with Gasteiger partial charge in [0.2, 0.25) is 11.9 Å². The number of aromatic nitrogens is 2. The number of nitrogen functional groups attached to an aromatic ring is 1. The normalized spacial score (nSPS) is 22.2. The molecule has 7 heteroatoms. The summed E-state index contributed by atoms with van der Waals surface area (Å²) in [6.45, 7) is 3.00. The fourth-order valence-electron chi connectivity index (χ4n) is 4.01. The van der Waals surface area contributed by atoms with E-state index in [2.05, 4.69) is 27.0 Å². The van der Waals surface area contributed by atoms with Gasteiger partial charge in [-0.05, 0) is 29.3 Å². The molecule has 1 amide bonds. The van der Waals surface area contributed by atoms with Gasteiger partial charge in [-0.25, -0.2) is 4.98 Å². The van der Waals surface area contributed by atoms with Crippen molar-refractivity contribution in [1.82, 2.24) is 14.9 Å². The van der Waals surface area contributed by atoms with Gasteiger partial charge in [0.1, 0.15) is 10.6 Å². The minimum atomic E-state index is 0.150. The summed E-state index contributed by atoms with van der Waals surface area (Å²) in [4.78, 5) is 26.8. The van der Waals surface area contributed by atoms with Crippen molar-refractivity contribution < 1.29 is 4.79 Å². The molecular weight excluding hydrogens is 358 g/mol. The number of nitrogens with two attached hydrogens (primary N) is 1. The SMILES string of the molecule is Nc1nc(N2CCN(C(=O)C3CC3c3ccccc3)CC2)c2ccsc2n1. The summed E-state index contributed by atoms with van der Waals surface area (Å²) in [6, 6.07) is 12.4. The predicted octanol–water partition coefficient (Wildman–Crippen LogP) is 2.73. The van der Waals surface area contributed by atoms with Crippen molar-refractivity contribution in [2.24, 2.45) is 5.92 Å². The number of hydrogen-bond acceptors (Lipinski definition) is 6. The summed E-state index contributed by atoms with van der Waals surface area (Å²) in [5.41, 5.74) is 7.16. The molecule has 0 radical (unpaired) electrons. The highest BCUT2D eigenvalue weighted by atomic mass is 32.1. The highest BCUT2D eigenvalue weighted by Crippen LogP contribution is 2.48. The monoisotopic (exact) mass is 379 g/mol. The van der Waals surface area contributed by atoms with E-state index < -0.39 is 0 Å². The highest BCUT2D eigenvalue weighted by molar-refractivity contribution is 7.16. The molecular formula is C20H21N5OS. The fourth-order valence-corrected chi connectivity index (χ4v) is 4.77. The molecule has 3 heterocycles. The lowest BCUT2D eigenvalue weighted by molar-refractivity contribution is -0.132. The van der Waals surface area contributed by atoms with Crippen molar-refractivity contribution in [2.45, 2.75) is 12.3 Å². The first-order chi connectivity index (χ1) is 13.2. The number of nitrogens with zero attached hydrogens (tertiary/aromatic N) is 4. The van der Waals surface area contributed by atoms with E-state index in [1.165, 1.54) is 5.56 Å². The van der Waals surface area contributed by atoms with Crippen LogP contribution in [0.5, 0.6) is 0 Å². The summed E-state index contributed by atoms with van der Waals surface area (Å²) in [7, 11) is 0. The number of rotatable bonds is 3. The van der Waals surface area contributed by atoms with Gasteiger partial charge in [-0.15, -0.1) is 11.3 Å².